The standard InChI is InChI=1S/C15H21N3S/c1-12-5-4-6-14(9-12)16-7-8-18(3)10-15-13(2)17-11-19-15/h4-6,9,11,16H,7-8,10H2,1-3H3. The van der Waals surface area contributed by atoms with Crippen LogP contribution >= 0.6 is 11.3 Å². The zero-order chi connectivity index (χ0) is 13.7. The number of rotatable bonds is 6. The summed E-state index contributed by atoms with van der Waals surface area (Å²) >= 11 is 1.74. The molecule has 0 spiro atoms. The van der Waals surface area contributed by atoms with Crippen molar-refractivity contribution in [2.24, 2.45) is 0 Å². The normalized spacial score (nSPS) is 10.9. The molecule has 2 aromatic rings. The molecule has 0 atom stereocenters. The first-order valence-electron chi connectivity index (χ1n) is 6.53. The summed E-state index contributed by atoms with van der Waals surface area (Å²) in [4.78, 5) is 7.97. The van der Waals surface area contributed by atoms with Crippen LogP contribution < -0.4 is 5.32 Å². The molecule has 0 radical (unpaired) electrons. The molecule has 2 rings (SSSR count). The molecule has 1 N–H and O–H groups in total. The van der Waals surface area contributed by atoms with E-state index in [1.807, 2.05) is 5.51 Å². The van der Waals surface area contributed by atoms with Crippen LogP contribution in [0.3, 0.4) is 0 Å². The van der Waals surface area contributed by atoms with Crippen molar-refractivity contribution >= 4 is 17.0 Å². The second-order valence-electron chi connectivity index (χ2n) is 4.89. The number of hydrogen-bond donors (Lipinski definition) is 1. The largest absolute Gasteiger partial charge is 0.384 e. The maximum Gasteiger partial charge on any atom is 0.0798 e. The van der Waals surface area contributed by atoms with Gasteiger partial charge in [-0.15, -0.1) is 11.3 Å². The Labute approximate surface area is 119 Å². The van der Waals surface area contributed by atoms with E-state index in [4.69, 9.17) is 0 Å². The second-order valence-corrected chi connectivity index (χ2v) is 5.83. The van der Waals surface area contributed by atoms with Gasteiger partial charge in [-0.2, -0.15) is 0 Å². The third kappa shape index (κ3) is 4.33. The van der Waals surface area contributed by atoms with Crippen LogP contribution in [0.1, 0.15) is 16.1 Å². The molecule has 0 saturated heterocycles. The lowest BCUT2D eigenvalue weighted by atomic mass is 10.2. The van der Waals surface area contributed by atoms with E-state index in [0.29, 0.717) is 0 Å². The van der Waals surface area contributed by atoms with E-state index in [1.165, 1.54) is 16.1 Å². The summed E-state index contributed by atoms with van der Waals surface area (Å²) in [6.07, 6.45) is 0. The van der Waals surface area contributed by atoms with E-state index in [9.17, 15) is 0 Å². The quantitative estimate of drug-likeness (QED) is 0.876. The maximum absolute atomic E-state index is 4.28. The molecule has 1 heterocycles. The average Bonchev–Trinajstić information content (AvgIpc) is 2.75. The Morgan fingerprint density at radius 3 is 2.84 bits per heavy atom. The molecule has 0 amide bonds. The van der Waals surface area contributed by atoms with E-state index in [2.05, 4.69) is 60.4 Å². The third-order valence-electron chi connectivity index (χ3n) is 3.10. The van der Waals surface area contributed by atoms with Crippen molar-refractivity contribution in [1.82, 2.24) is 9.88 Å². The van der Waals surface area contributed by atoms with Crippen LogP contribution in [-0.2, 0) is 6.54 Å². The van der Waals surface area contributed by atoms with Gasteiger partial charge < -0.3 is 5.32 Å². The molecule has 19 heavy (non-hydrogen) atoms. The number of nitrogens with one attached hydrogen (secondary N) is 1. The van der Waals surface area contributed by atoms with Crippen LogP contribution in [0.25, 0.3) is 0 Å². The number of hydrogen-bond acceptors (Lipinski definition) is 4. The van der Waals surface area contributed by atoms with Crippen molar-refractivity contribution in [3.05, 3.63) is 45.9 Å². The summed E-state index contributed by atoms with van der Waals surface area (Å²) < 4.78 is 0. The van der Waals surface area contributed by atoms with Crippen LogP contribution in [0.5, 0.6) is 0 Å². The molecule has 102 valence electrons. The fourth-order valence-corrected chi connectivity index (χ4v) is 2.80. The Balaban J connectivity index is 1.75. The number of likely N-dealkylation sites (N-methyl/N-ethyl adjacent to an activating group) is 1. The molecule has 1 aromatic carbocycles. The first kappa shape index (κ1) is 14.0. The summed E-state index contributed by atoms with van der Waals surface area (Å²) in [6.45, 7) is 7.14. The number of anilines is 1. The monoisotopic (exact) mass is 275 g/mol. The van der Waals surface area contributed by atoms with Gasteiger partial charge in [0.1, 0.15) is 0 Å². The highest BCUT2D eigenvalue weighted by Crippen LogP contribution is 2.14. The van der Waals surface area contributed by atoms with Gasteiger partial charge in [-0.3, -0.25) is 4.90 Å². The highest BCUT2D eigenvalue weighted by atomic mass is 32.1. The van der Waals surface area contributed by atoms with Crippen molar-refractivity contribution in [1.29, 1.82) is 0 Å². The maximum atomic E-state index is 4.28. The van der Waals surface area contributed by atoms with E-state index >= 15 is 0 Å². The van der Waals surface area contributed by atoms with E-state index in [-0.39, 0.29) is 0 Å². The molecule has 0 unspecified atom stereocenters. The Morgan fingerprint density at radius 2 is 2.16 bits per heavy atom. The minimum Gasteiger partial charge on any atom is -0.384 e. The first-order valence-corrected chi connectivity index (χ1v) is 7.41. The lowest BCUT2D eigenvalue weighted by Crippen LogP contribution is -2.24. The van der Waals surface area contributed by atoms with Gasteiger partial charge in [-0.1, -0.05) is 12.1 Å². The molecule has 4 heteroatoms. The van der Waals surface area contributed by atoms with Crippen LogP contribution in [0.4, 0.5) is 5.69 Å². The van der Waals surface area contributed by atoms with Crippen molar-refractivity contribution < 1.29 is 0 Å². The Hall–Kier alpha value is -1.39. The van der Waals surface area contributed by atoms with Crippen molar-refractivity contribution in [3.8, 4) is 0 Å². The van der Waals surface area contributed by atoms with Crippen molar-refractivity contribution in [2.75, 3.05) is 25.5 Å². The average molecular weight is 275 g/mol. The number of nitrogens with zero attached hydrogens (tertiary/aromatic N) is 2. The molecule has 0 aliphatic heterocycles. The molecule has 0 aliphatic carbocycles. The third-order valence-corrected chi connectivity index (χ3v) is 4.02. The fourth-order valence-electron chi connectivity index (χ4n) is 1.95. The summed E-state index contributed by atoms with van der Waals surface area (Å²) in [6, 6.07) is 8.49. The van der Waals surface area contributed by atoms with Crippen LogP contribution in [0, 0.1) is 13.8 Å². The Kier molecular flexibility index (Phi) is 4.93. The van der Waals surface area contributed by atoms with Gasteiger partial charge in [0.2, 0.25) is 0 Å². The van der Waals surface area contributed by atoms with E-state index < -0.39 is 0 Å². The lowest BCUT2D eigenvalue weighted by Gasteiger charge is -2.16. The number of thiazole rings is 1. The Morgan fingerprint density at radius 1 is 1.32 bits per heavy atom. The van der Waals surface area contributed by atoms with Crippen LogP contribution in [0.2, 0.25) is 0 Å². The molecular formula is C15H21N3S. The topological polar surface area (TPSA) is 28.2 Å². The number of benzene rings is 1. The Bertz CT molecular complexity index is 522. The van der Waals surface area contributed by atoms with Crippen molar-refractivity contribution in [2.45, 2.75) is 20.4 Å². The minimum absolute atomic E-state index is 0.956. The minimum atomic E-state index is 0.956. The van der Waals surface area contributed by atoms with Gasteiger partial charge in [0.25, 0.3) is 0 Å². The van der Waals surface area contributed by atoms with Crippen molar-refractivity contribution in [3.63, 3.8) is 0 Å². The molecule has 3 nitrogen and oxygen atoms in total. The fraction of sp³-hybridized carbons (Fsp3) is 0.400. The summed E-state index contributed by atoms with van der Waals surface area (Å²) in [5.41, 5.74) is 5.56. The number of aromatic nitrogens is 1. The zero-order valence-electron chi connectivity index (χ0n) is 11.8. The molecule has 0 fully saturated rings. The predicted molar refractivity (Wildman–Crippen MR) is 82.9 cm³/mol. The molecule has 1 aromatic heterocycles. The van der Waals surface area contributed by atoms with Gasteiger partial charge in [0.05, 0.1) is 11.2 Å². The summed E-state index contributed by atoms with van der Waals surface area (Å²) in [7, 11) is 2.15. The van der Waals surface area contributed by atoms with Gasteiger partial charge in [0, 0.05) is 30.2 Å². The van der Waals surface area contributed by atoms with Gasteiger partial charge in [-0.25, -0.2) is 4.98 Å². The smallest absolute Gasteiger partial charge is 0.0798 e. The molecule has 0 aliphatic rings. The van der Waals surface area contributed by atoms with Crippen LogP contribution in [0.15, 0.2) is 29.8 Å². The summed E-state index contributed by atoms with van der Waals surface area (Å²) in [5, 5.41) is 3.46. The van der Waals surface area contributed by atoms with Gasteiger partial charge in [-0.05, 0) is 38.6 Å². The zero-order valence-corrected chi connectivity index (χ0v) is 12.6. The summed E-state index contributed by atoms with van der Waals surface area (Å²) in [5.74, 6) is 0. The van der Waals surface area contributed by atoms with E-state index in [1.54, 1.807) is 11.3 Å². The highest BCUT2D eigenvalue weighted by molar-refractivity contribution is 7.09. The van der Waals surface area contributed by atoms with Crippen LogP contribution in [-0.4, -0.2) is 30.0 Å². The molecule has 0 saturated carbocycles. The second kappa shape index (κ2) is 6.68. The van der Waals surface area contributed by atoms with Gasteiger partial charge >= 0.3 is 0 Å². The molecular weight excluding hydrogens is 254 g/mol. The first-order chi connectivity index (χ1) is 9.15. The predicted octanol–water partition coefficient (Wildman–Crippen LogP) is 3.30. The van der Waals surface area contributed by atoms with E-state index in [0.717, 1.165) is 25.3 Å². The molecule has 0 bridgehead atoms. The van der Waals surface area contributed by atoms with Gasteiger partial charge in [0.15, 0.2) is 0 Å². The lowest BCUT2D eigenvalue weighted by molar-refractivity contribution is 0.342. The number of aryl methyl sites for hydroxylation is 2. The SMILES string of the molecule is Cc1cccc(NCCN(C)Cc2scnc2C)c1. The highest BCUT2D eigenvalue weighted by Gasteiger charge is 2.05.